The molecule has 1 aromatic carbocycles. The van der Waals surface area contributed by atoms with Gasteiger partial charge < -0.3 is 15.2 Å². The number of hydrogen-bond donors (Lipinski definition) is 2. The minimum absolute atomic E-state index is 0.0205. The fourth-order valence-corrected chi connectivity index (χ4v) is 2.71. The van der Waals surface area contributed by atoms with E-state index in [1.807, 2.05) is 6.92 Å². The Balaban J connectivity index is 2.01. The summed E-state index contributed by atoms with van der Waals surface area (Å²) < 4.78 is 5.29. The lowest BCUT2D eigenvalue weighted by Crippen LogP contribution is -2.30. The van der Waals surface area contributed by atoms with Gasteiger partial charge in [0.1, 0.15) is 0 Å². The number of ether oxygens (including phenoxy) is 1. The van der Waals surface area contributed by atoms with Gasteiger partial charge >= 0.3 is 5.97 Å². The zero-order chi connectivity index (χ0) is 15.4. The topological polar surface area (TPSA) is 75.6 Å². The number of amides is 1. The lowest BCUT2D eigenvalue weighted by atomic mass is 9.87. The Morgan fingerprint density at radius 2 is 2.05 bits per heavy atom. The second-order valence-electron chi connectivity index (χ2n) is 5.23. The van der Waals surface area contributed by atoms with Crippen LogP contribution in [0.4, 0.5) is 5.69 Å². The van der Waals surface area contributed by atoms with E-state index in [4.69, 9.17) is 21.4 Å². The molecule has 1 aromatic rings. The molecule has 0 aromatic heterocycles. The summed E-state index contributed by atoms with van der Waals surface area (Å²) in [4.78, 5) is 23.1. The first-order chi connectivity index (χ1) is 9.99. The second-order valence-corrected chi connectivity index (χ2v) is 5.63. The normalized spacial score (nSPS) is 17.2. The number of rotatable bonds is 4. The average molecular weight is 312 g/mol. The maximum atomic E-state index is 12.2. The highest BCUT2D eigenvalue weighted by molar-refractivity contribution is 6.33. The van der Waals surface area contributed by atoms with E-state index in [0.29, 0.717) is 24.8 Å². The van der Waals surface area contributed by atoms with Crippen molar-refractivity contribution < 1.29 is 19.4 Å². The Morgan fingerprint density at radius 1 is 1.38 bits per heavy atom. The zero-order valence-electron chi connectivity index (χ0n) is 11.8. The molecule has 0 spiro atoms. The van der Waals surface area contributed by atoms with Gasteiger partial charge in [0, 0.05) is 24.8 Å². The quantitative estimate of drug-likeness (QED) is 0.896. The minimum atomic E-state index is -1.09. The van der Waals surface area contributed by atoms with E-state index < -0.39 is 5.97 Å². The number of carbonyl (C=O) groups excluding carboxylic acids is 1. The van der Waals surface area contributed by atoms with Gasteiger partial charge in [-0.1, -0.05) is 18.5 Å². The van der Waals surface area contributed by atoms with E-state index in [1.54, 1.807) is 6.07 Å². The summed E-state index contributed by atoms with van der Waals surface area (Å²) in [6.45, 7) is 3.29. The zero-order valence-corrected chi connectivity index (χ0v) is 12.5. The predicted molar refractivity (Wildman–Crippen MR) is 79.7 cm³/mol. The molecule has 114 valence electrons. The molecule has 1 saturated heterocycles. The third kappa shape index (κ3) is 3.95. The second kappa shape index (κ2) is 6.91. The van der Waals surface area contributed by atoms with Gasteiger partial charge in [-0.2, -0.15) is 0 Å². The van der Waals surface area contributed by atoms with Crippen molar-refractivity contribution in [3.63, 3.8) is 0 Å². The van der Waals surface area contributed by atoms with E-state index >= 15 is 0 Å². The molecule has 2 rings (SSSR count). The molecule has 6 heteroatoms. The lowest BCUT2D eigenvalue weighted by molar-refractivity contribution is -0.122. The number of nitrogens with one attached hydrogen (secondary N) is 1. The summed E-state index contributed by atoms with van der Waals surface area (Å²) in [6, 6.07) is 4.39. The molecule has 1 atom stereocenters. The lowest BCUT2D eigenvalue weighted by Gasteiger charge is -2.27. The Labute approximate surface area is 128 Å². The molecule has 1 aliphatic heterocycles. The maximum Gasteiger partial charge on any atom is 0.337 e. The summed E-state index contributed by atoms with van der Waals surface area (Å²) in [5, 5.41) is 11.8. The molecule has 0 aliphatic carbocycles. The van der Waals surface area contributed by atoms with Crippen molar-refractivity contribution >= 4 is 29.2 Å². The van der Waals surface area contributed by atoms with Gasteiger partial charge in [-0.25, -0.2) is 4.79 Å². The first kappa shape index (κ1) is 15.8. The fraction of sp³-hybridized carbons (Fsp3) is 0.467. The van der Waals surface area contributed by atoms with Crippen molar-refractivity contribution in [1.29, 1.82) is 0 Å². The summed E-state index contributed by atoms with van der Waals surface area (Å²) in [7, 11) is 0. The van der Waals surface area contributed by atoms with Crippen LogP contribution < -0.4 is 5.32 Å². The molecule has 5 nitrogen and oxygen atoms in total. The highest BCUT2D eigenvalue weighted by Crippen LogP contribution is 2.26. The Bertz CT molecular complexity index is 540. The molecular formula is C15H18ClNO4. The van der Waals surface area contributed by atoms with E-state index in [-0.39, 0.29) is 22.4 Å². The van der Waals surface area contributed by atoms with Crippen LogP contribution in [0.2, 0.25) is 5.02 Å². The standard InChI is InChI=1S/C15H18ClNO4/c1-9(10-4-6-21-7-5-10)14(18)17-11-2-3-12(15(19)20)13(16)8-11/h2-3,8-10H,4-7H2,1H3,(H,17,18)(H,19,20). The van der Waals surface area contributed by atoms with Crippen LogP contribution >= 0.6 is 11.6 Å². The van der Waals surface area contributed by atoms with E-state index in [2.05, 4.69) is 5.32 Å². The van der Waals surface area contributed by atoms with Crippen LogP contribution in [0.25, 0.3) is 0 Å². The van der Waals surface area contributed by atoms with Crippen molar-refractivity contribution in [1.82, 2.24) is 0 Å². The molecule has 0 saturated carbocycles. The minimum Gasteiger partial charge on any atom is -0.478 e. The first-order valence-electron chi connectivity index (χ1n) is 6.90. The molecule has 1 heterocycles. The summed E-state index contributed by atoms with van der Waals surface area (Å²) in [6.07, 6.45) is 1.76. The van der Waals surface area contributed by atoms with Crippen molar-refractivity contribution in [2.75, 3.05) is 18.5 Å². The summed E-state index contributed by atoms with van der Waals surface area (Å²) in [5.74, 6) is -0.978. The Kier molecular flexibility index (Phi) is 5.20. The van der Waals surface area contributed by atoms with Gasteiger partial charge in [0.25, 0.3) is 0 Å². The van der Waals surface area contributed by atoms with Crippen LogP contribution in [0.3, 0.4) is 0 Å². The van der Waals surface area contributed by atoms with Gasteiger partial charge in [0.15, 0.2) is 0 Å². The Morgan fingerprint density at radius 3 is 2.62 bits per heavy atom. The number of hydrogen-bond acceptors (Lipinski definition) is 3. The molecule has 0 bridgehead atoms. The van der Waals surface area contributed by atoms with Crippen LogP contribution in [0.5, 0.6) is 0 Å². The van der Waals surface area contributed by atoms with Crippen molar-refractivity contribution in [2.24, 2.45) is 11.8 Å². The SMILES string of the molecule is CC(C(=O)Nc1ccc(C(=O)O)c(Cl)c1)C1CCOCC1. The van der Waals surface area contributed by atoms with Crippen molar-refractivity contribution in [3.05, 3.63) is 28.8 Å². The van der Waals surface area contributed by atoms with Gasteiger partial charge in [0.2, 0.25) is 5.91 Å². The number of carboxylic acids is 1. The van der Waals surface area contributed by atoms with Crippen molar-refractivity contribution in [2.45, 2.75) is 19.8 Å². The number of benzene rings is 1. The first-order valence-corrected chi connectivity index (χ1v) is 7.28. The molecule has 1 aliphatic rings. The number of carbonyl (C=O) groups is 2. The molecular weight excluding hydrogens is 294 g/mol. The highest BCUT2D eigenvalue weighted by Gasteiger charge is 2.26. The molecule has 2 N–H and O–H groups in total. The van der Waals surface area contributed by atoms with Gasteiger partial charge in [0.05, 0.1) is 10.6 Å². The summed E-state index contributed by atoms with van der Waals surface area (Å²) in [5.41, 5.74) is 0.529. The molecule has 1 amide bonds. The van der Waals surface area contributed by atoms with Gasteiger partial charge in [-0.05, 0) is 37.0 Å². The van der Waals surface area contributed by atoms with Gasteiger partial charge in [-0.15, -0.1) is 0 Å². The number of anilines is 1. The average Bonchev–Trinajstić information content (AvgIpc) is 2.47. The molecule has 21 heavy (non-hydrogen) atoms. The van der Waals surface area contributed by atoms with Crippen LogP contribution in [0.15, 0.2) is 18.2 Å². The molecule has 1 unspecified atom stereocenters. The van der Waals surface area contributed by atoms with Crippen molar-refractivity contribution in [3.8, 4) is 0 Å². The van der Waals surface area contributed by atoms with Crippen LogP contribution in [0.1, 0.15) is 30.1 Å². The van der Waals surface area contributed by atoms with Crippen LogP contribution in [-0.4, -0.2) is 30.2 Å². The fourth-order valence-electron chi connectivity index (χ4n) is 2.45. The predicted octanol–water partition coefficient (Wildman–Crippen LogP) is 3.04. The van der Waals surface area contributed by atoms with E-state index in [0.717, 1.165) is 12.8 Å². The van der Waals surface area contributed by atoms with Gasteiger partial charge in [-0.3, -0.25) is 4.79 Å². The third-order valence-electron chi connectivity index (χ3n) is 3.85. The molecule has 1 fully saturated rings. The van der Waals surface area contributed by atoms with Crippen LogP contribution in [-0.2, 0) is 9.53 Å². The highest BCUT2D eigenvalue weighted by atomic mass is 35.5. The number of halogens is 1. The Hall–Kier alpha value is -1.59. The summed E-state index contributed by atoms with van der Waals surface area (Å²) >= 11 is 5.89. The van der Waals surface area contributed by atoms with E-state index in [1.165, 1.54) is 12.1 Å². The smallest absolute Gasteiger partial charge is 0.337 e. The van der Waals surface area contributed by atoms with E-state index in [9.17, 15) is 9.59 Å². The third-order valence-corrected chi connectivity index (χ3v) is 4.17. The van der Waals surface area contributed by atoms with Crippen LogP contribution in [0, 0.1) is 11.8 Å². The monoisotopic (exact) mass is 311 g/mol. The number of aromatic carboxylic acids is 1. The number of carboxylic acid groups (broad SMARTS) is 1. The molecule has 0 radical (unpaired) electrons. The largest absolute Gasteiger partial charge is 0.478 e. The maximum absolute atomic E-state index is 12.2.